The lowest BCUT2D eigenvalue weighted by molar-refractivity contribution is -0.139. The number of carbonyl (C=O) groups is 1. The number of carbonyl (C=O) groups excluding carboxylic acids is 1. The minimum absolute atomic E-state index is 0.110. The van der Waals surface area contributed by atoms with E-state index in [9.17, 15) is 14.3 Å². The number of likely N-dealkylation sites (N-methyl/N-ethyl adjacent to an activating group) is 1. The maximum atomic E-state index is 15.0. The van der Waals surface area contributed by atoms with Crippen LogP contribution in [0, 0.1) is 11.7 Å². The molecule has 0 spiro atoms. The maximum Gasteiger partial charge on any atom is 0.228 e. The molecule has 7 aromatic rings. The zero-order chi connectivity index (χ0) is 44.2. The molecule has 1 amide bonds. The first kappa shape index (κ1) is 44.3. The first-order chi connectivity index (χ1) is 30.7. The molecule has 0 heterocycles. The molecule has 63 heavy (non-hydrogen) atoms. The Hall–Kier alpha value is -6.74. The number of nitrogens with two attached hydrogens (primary N) is 1. The van der Waals surface area contributed by atoms with E-state index >= 15 is 0 Å². The summed E-state index contributed by atoms with van der Waals surface area (Å²) in [4.78, 5) is 16.6. The molecule has 0 bridgehead atoms. The van der Waals surface area contributed by atoms with Crippen LogP contribution >= 0.6 is 0 Å². The van der Waals surface area contributed by atoms with Crippen LogP contribution in [0.25, 0.3) is 0 Å². The highest BCUT2D eigenvalue weighted by Crippen LogP contribution is 2.46. The third-order valence-corrected chi connectivity index (χ3v) is 12.1. The van der Waals surface area contributed by atoms with Crippen molar-refractivity contribution in [3.63, 3.8) is 0 Å². The molecule has 0 saturated carbocycles. The number of hydrogen-bond donors (Lipinski definition) is 3. The normalized spacial score (nSPS) is 13.3. The fourth-order valence-electron chi connectivity index (χ4n) is 8.57. The summed E-state index contributed by atoms with van der Waals surface area (Å²) in [5, 5.41) is 15.2. The fourth-order valence-corrected chi connectivity index (χ4v) is 8.57. The van der Waals surface area contributed by atoms with Crippen molar-refractivity contribution in [1.82, 2.24) is 4.90 Å². The fraction of sp³-hybridized carbons (Fsp3) is 0.218. The number of aliphatic hydroxyl groups is 1. The highest BCUT2D eigenvalue weighted by atomic mass is 19.1. The van der Waals surface area contributed by atoms with E-state index in [0.717, 1.165) is 44.6 Å². The lowest BCUT2D eigenvalue weighted by atomic mass is 9.65. The van der Waals surface area contributed by atoms with E-state index < -0.39 is 29.5 Å². The van der Waals surface area contributed by atoms with E-state index in [2.05, 4.69) is 41.7 Å². The summed E-state index contributed by atoms with van der Waals surface area (Å²) in [7, 11) is 3.40. The van der Waals surface area contributed by atoms with Gasteiger partial charge in [-0.15, -0.1) is 0 Å². The van der Waals surface area contributed by atoms with E-state index in [-0.39, 0.29) is 11.7 Å². The van der Waals surface area contributed by atoms with Crippen LogP contribution in [0.15, 0.2) is 188 Å². The number of ether oxygens (including phenoxy) is 2. The Balaban J connectivity index is 1.20. The third kappa shape index (κ3) is 10.2. The van der Waals surface area contributed by atoms with Crippen molar-refractivity contribution in [2.24, 2.45) is 11.7 Å². The van der Waals surface area contributed by atoms with Crippen molar-refractivity contribution >= 4 is 11.6 Å². The van der Waals surface area contributed by atoms with Gasteiger partial charge in [-0.3, -0.25) is 4.79 Å². The molecule has 0 radical (unpaired) electrons. The predicted octanol–water partition coefficient (Wildman–Crippen LogP) is 10.9. The molecule has 0 unspecified atom stereocenters. The highest BCUT2D eigenvalue weighted by Gasteiger charge is 2.39. The molecule has 0 aromatic heterocycles. The minimum Gasteiger partial charge on any atom is -0.497 e. The number of nitrogens with zero attached hydrogens (tertiary/aromatic N) is 1. The van der Waals surface area contributed by atoms with Crippen molar-refractivity contribution < 1.29 is 23.8 Å². The molecule has 0 saturated heterocycles. The Labute approximate surface area is 371 Å². The van der Waals surface area contributed by atoms with Crippen molar-refractivity contribution in [2.45, 2.75) is 49.9 Å². The molecule has 7 nitrogen and oxygen atoms in total. The van der Waals surface area contributed by atoms with Gasteiger partial charge in [-0.05, 0) is 107 Å². The molecule has 8 heteroatoms. The monoisotopic (exact) mass is 841 g/mol. The van der Waals surface area contributed by atoms with Gasteiger partial charge in [-0.25, -0.2) is 4.39 Å². The average Bonchev–Trinajstić information content (AvgIpc) is 3.34. The van der Waals surface area contributed by atoms with E-state index in [1.165, 1.54) is 12.1 Å². The quantitative estimate of drug-likeness (QED) is 0.0554. The third-order valence-electron chi connectivity index (χ3n) is 12.1. The molecule has 322 valence electrons. The van der Waals surface area contributed by atoms with Crippen LogP contribution in [0.3, 0.4) is 0 Å². The lowest BCUT2D eigenvalue weighted by Crippen LogP contribution is -2.45. The second-order valence-electron chi connectivity index (χ2n) is 16.0. The summed E-state index contributed by atoms with van der Waals surface area (Å²) < 4.78 is 26.6. The van der Waals surface area contributed by atoms with Crippen molar-refractivity contribution in [3.8, 4) is 11.5 Å². The van der Waals surface area contributed by atoms with Crippen LogP contribution in [0.1, 0.15) is 70.9 Å². The van der Waals surface area contributed by atoms with E-state index in [4.69, 9.17) is 15.2 Å². The van der Waals surface area contributed by atoms with Crippen molar-refractivity contribution in [3.05, 3.63) is 233 Å². The number of hydrogen-bond acceptors (Lipinski definition) is 6. The molecule has 0 aliphatic carbocycles. The van der Waals surface area contributed by atoms with Crippen molar-refractivity contribution in [1.29, 1.82) is 0 Å². The predicted molar refractivity (Wildman–Crippen MR) is 250 cm³/mol. The van der Waals surface area contributed by atoms with Gasteiger partial charge in [0.15, 0.2) is 0 Å². The molecular formula is C55H56FN3O4. The molecule has 4 N–H and O–H groups in total. The Morgan fingerprint density at radius 2 is 1.27 bits per heavy atom. The number of amides is 1. The SMILES string of the molecule is COc1ccc([C@@H](Nc2ccc(CN)cc2)[C@@H](CCCOc2cccc(C(c3ccccc3)(c3ccccc3)c3ccc(F)cc3)c2)C(=O)N(C)[C@@H](C)[C@@H](O)c2ccccc2)cc1. The zero-order valence-electron chi connectivity index (χ0n) is 36.1. The topological polar surface area (TPSA) is 97.1 Å². The molecule has 7 rings (SSSR count). The van der Waals surface area contributed by atoms with Gasteiger partial charge in [0.1, 0.15) is 17.3 Å². The van der Waals surface area contributed by atoms with Crippen LogP contribution in [-0.2, 0) is 16.8 Å². The minimum atomic E-state index is -0.888. The summed E-state index contributed by atoms with van der Waals surface area (Å²) in [6, 6.07) is 59.6. The second kappa shape index (κ2) is 20.9. The van der Waals surface area contributed by atoms with E-state index in [1.54, 1.807) is 19.1 Å². The largest absolute Gasteiger partial charge is 0.497 e. The van der Waals surface area contributed by atoms with E-state index in [0.29, 0.717) is 37.5 Å². The van der Waals surface area contributed by atoms with Crippen LogP contribution in [-0.4, -0.2) is 42.7 Å². The Morgan fingerprint density at radius 3 is 1.86 bits per heavy atom. The molecular weight excluding hydrogens is 786 g/mol. The van der Waals surface area contributed by atoms with Gasteiger partial charge in [0.2, 0.25) is 5.91 Å². The Morgan fingerprint density at radius 1 is 0.698 bits per heavy atom. The standard InChI is InChI=1S/C55H56FN3O4/c1-39(53(60)42-15-7-4-8-16-42)59(2)54(61)51(52(41-26-34-49(62-3)35-27-41)58-48-32-24-40(38-57)25-33-48)23-14-36-63-50-22-13-21-46(37-50)55(43-17-9-5-10-18-43,44-19-11-6-12-20-44)45-28-30-47(56)31-29-45/h4-13,15-22,24-35,37,39,51-53,58,60H,14,23,36,38,57H2,1-3H3/t39-,51+,52+,53+/m0/s1. The Bertz CT molecular complexity index is 2450. The van der Waals surface area contributed by atoms with Gasteiger partial charge < -0.3 is 30.5 Å². The number of benzene rings is 7. The number of rotatable bonds is 19. The van der Waals surface area contributed by atoms with Gasteiger partial charge in [0, 0.05) is 19.3 Å². The number of anilines is 1. The summed E-state index contributed by atoms with van der Waals surface area (Å²) in [6.07, 6.45) is 0.126. The first-order valence-corrected chi connectivity index (χ1v) is 21.5. The number of halogens is 1. The summed E-state index contributed by atoms with van der Waals surface area (Å²) in [6.45, 7) is 2.63. The van der Waals surface area contributed by atoms with Crippen LogP contribution < -0.4 is 20.5 Å². The molecule has 0 fully saturated rings. The summed E-state index contributed by atoms with van der Waals surface area (Å²) >= 11 is 0. The van der Waals surface area contributed by atoms with Crippen LogP contribution in [0.4, 0.5) is 10.1 Å². The molecule has 0 aliphatic heterocycles. The molecule has 4 atom stereocenters. The number of aliphatic hydroxyl groups excluding tert-OH is 1. The van der Waals surface area contributed by atoms with Crippen LogP contribution in [0.5, 0.6) is 11.5 Å². The molecule has 0 aliphatic rings. The number of nitrogens with one attached hydrogen (secondary N) is 1. The average molecular weight is 842 g/mol. The smallest absolute Gasteiger partial charge is 0.228 e. The van der Waals surface area contributed by atoms with Gasteiger partial charge >= 0.3 is 0 Å². The Kier molecular flexibility index (Phi) is 14.7. The van der Waals surface area contributed by atoms with Gasteiger partial charge in [-0.1, -0.05) is 140 Å². The summed E-state index contributed by atoms with van der Waals surface area (Å²) in [5.74, 6) is 0.407. The van der Waals surface area contributed by atoms with Gasteiger partial charge in [0.05, 0.1) is 43.2 Å². The number of methoxy groups -OCH3 is 1. The summed E-state index contributed by atoms with van der Waals surface area (Å²) in [5.41, 5.74) is 12.6. The van der Waals surface area contributed by atoms with Gasteiger partial charge in [0.25, 0.3) is 0 Å². The first-order valence-electron chi connectivity index (χ1n) is 21.5. The van der Waals surface area contributed by atoms with Crippen LogP contribution in [0.2, 0.25) is 0 Å². The highest BCUT2D eigenvalue weighted by molar-refractivity contribution is 5.80. The lowest BCUT2D eigenvalue weighted by Gasteiger charge is -2.37. The zero-order valence-corrected chi connectivity index (χ0v) is 36.1. The van der Waals surface area contributed by atoms with E-state index in [1.807, 2.05) is 146 Å². The van der Waals surface area contributed by atoms with Crippen molar-refractivity contribution in [2.75, 3.05) is 26.1 Å². The second-order valence-corrected chi connectivity index (χ2v) is 16.0. The van der Waals surface area contributed by atoms with Gasteiger partial charge in [-0.2, -0.15) is 0 Å². The molecule has 7 aromatic carbocycles. The maximum absolute atomic E-state index is 15.0.